The normalized spacial score (nSPS) is 16.6. The van der Waals surface area contributed by atoms with Crippen molar-refractivity contribution in [3.63, 3.8) is 0 Å². The molecule has 0 saturated heterocycles. The summed E-state index contributed by atoms with van der Waals surface area (Å²) in [7, 11) is 0. The molecule has 2 aromatic rings. The van der Waals surface area contributed by atoms with Gasteiger partial charge in [0.15, 0.2) is 0 Å². The Balaban J connectivity index is 1.79. The number of carbonyl (C=O) groups is 3. The number of rotatable bonds is 9. The van der Waals surface area contributed by atoms with Crippen LogP contribution in [0, 0.1) is 0 Å². The molecule has 0 bridgehead atoms. The quantitative estimate of drug-likeness (QED) is 0.615. The van der Waals surface area contributed by atoms with Crippen molar-refractivity contribution in [2.75, 3.05) is 18.1 Å². The Kier molecular flexibility index (Phi) is 7.19. The van der Waals surface area contributed by atoms with Gasteiger partial charge in [-0.2, -0.15) is 0 Å². The van der Waals surface area contributed by atoms with Crippen LogP contribution in [0.25, 0.3) is 0 Å². The van der Waals surface area contributed by atoms with Crippen molar-refractivity contribution in [3.05, 3.63) is 65.7 Å². The van der Waals surface area contributed by atoms with E-state index >= 15 is 0 Å². The Bertz CT molecular complexity index is 899. The first-order valence-corrected chi connectivity index (χ1v) is 10.1. The molecule has 0 fully saturated rings. The average molecular weight is 410 g/mol. The van der Waals surface area contributed by atoms with Gasteiger partial charge in [-0.3, -0.25) is 24.6 Å². The minimum Gasteiger partial charge on any atom is -0.480 e. The van der Waals surface area contributed by atoms with Gasteiger partial charge in [0, 0.05) is 5.69 Å². The fourth-order valence-corrected chi connectivity index (χ4v) is 3.70. The largest absolute Gasteiger partial charge is 0.480 e. The lowest BCUT2D eigenvalue weighted by molar-refractivity contribution is -0.146. The fourth-order valence-electron chi connectivity index (χ4n) is 3.70. The summed E-state index contributed by atoms with van der Waals surface area (Å²) < 4.78 is 5.21. The second-order valence-electron chi connectivity index (χ2n) is 7.20. The first-order chi connectivity index (χ1) is 14.5. The van der Waals surface area contributed by atoms with Gasteiger partial charge >= 0.3 is 11.9 Å². The van der Waals surface area contributed by atoms with E-state index in [2.05, 4.69) is 5.32 Å². The number of benzene rings is 2. The molecular formula is C23H26N2O5. The number of carboxylic acids is 1. The molecule has 30 heavy (non-hydrogen) atoms. The van der Waals surface area contributed by atoms with E-state index in [1.54, 1.807) is 19.1 Å². The van der Waals surface area contributed by atoms with Crippen LogP contribution in [-0.2, 0) is 32.0 Å². The summed E-state index contributed by atoms with van der Waals surface area (Å²) in [4.78, 5) is 38.2. The highest BCUT2D eigenvalue weighted by Gasteiger charge is 2.36. The summed E-state index contributed by atoms with van der Waals surface area (Å²) in [6.45, 7) is 1.56. The molecule has 0 aliphatic carbocycles. The van der Waals surface area contributed by atoms with Crippen molar-refractivity contribution in [2.24, 2.45) is 0 Å². The zero-order valence-corrected chi connectivity index (χ0v) is 16.9. The van der Waals surface area contributed by atoms with Crippen LogP contribution in [-0.4, -0.2) is 48.2 Å². The van der Waals surface area contributed by atoms with E-state index in [1.807, 2.05) is 42.5 Å². The van der Waals surface area contributed by atoms with Crippen LogP contribution in [0.3, 0.4) is 0 Å². The summed E-state index contributed by atoms with van der Waals surface area (Å²) in [5, 5.41) is 12.4. The van der Waals surface area contributed by atoms with Crippen LogP contribution in [0.4, 0.5) is 5.69 Å². The van der Waals surface area contributed by atoms with E-state index in [1.165, 1.54) is 4.90 Å². The highest BCUT2D eigenvalue weighted by Crippen LogP contribution is 2.28. The lowest BCUT2D eigenvalue weighted by atomic mass is 9.95. The molecule has 1 amide bonds. The Labute approximate surface area is 175 Å². The number of ether oxygens (including phenoxy) is 1. The van der Waals surface area contributed by atoms with Crippen molar-refractivity contribution < 1.29 is 24.2 Å². The smallest absolute Gasteiger partial charge is 0.323 e. The van der Waals surface area contributed by atoms with Crippen molar-refractivity contribution in [1.29, 1.82) is 0 Å². The number of carboxylic acid groups (broad SMARTS) is 1. The Morgan fingerprint density at radius 2 is 1.87 bits per heavy atom. The third-order valence-corrected chi connectivity index (χ3v) is 5.10. The Morgan fingerprint density at radius 3 is 2.57 bits per heavy atom. The second-order valence-corrected chi connectivity index (χ2v) is 7.20. The Morgan fingerprint density at radius 1 is 1.17 bits per heavy atom. The zero-order valence-electron chi connectivity index (χ0n) is 16.9. The van der Waals surface area contributed by atoms with E-state index in [-0.39, 0.29) is 12.5 Å². The van der Waals surface area contributed by atoms with Crippen molar-refractivity contribution in [2.45, 2.75) is 38.3 Å². The number of para-hydroxylation sites is 1. The van der Waals surface area contributed by atoms with Gasteiger partial charge in [-0.15, -0.1) is 0 Å². The predicted molar refractivity (Wildman–Crippen MR) is 112 cm³/mol. The molecule has 3 rings (SSSR count). The van der Waals surface area contributed by atoms with E-state index in [0.717, 1.165) is 11.1 Å². The predicted octanol–water partition coefficient (Wildman–Crippen LogP) is 2.18. The van der Waals surface area contributed by atoms with Crippen LogP contribution in [0.2, 0.25) is 0 Å². The van der Waals surface area contributed by atoms with Crippen LogP contribution in [0.1, 0.15) is 24.5 Å². The molecule has 1 aliphatic rings. The number of fused-ring (bicyclic) bond motifs is 1. The highest BCUT2D eigenvalue weighted by atomic mass is 16.5. The number of aliphatic carboxylic acids is 1. The van der Waals surface area contributed by atoms with Crippen molar-refractivity contribution >= 4 is 23.5 Å². The molecule has 0 saturated carbocycles. The number of anilines is 1. The molecule has 0 spiro atoms. The topological polar surface area (TPSA) is 95.9 Å². The van der Waals surface area contributed by atoms with Crippen molar-refractivity contribution in [3.8, 4) is 0 Å². The number of carbonyl (C=O) groups excluding carboxylic acids is 2. The maximum atomic E-state index is 13.1. The second kappa shape index (κ2) is 10.0. The van der Waals surface area contributed by atoms with Gasteiger partial charge in [0.05, 0.1) is 12.6 Å². The molecule has 2 atom stereocenters. The molecule has 0 radical (unpaired) electrons. The lowest BCUT2D eigenvalue weighted by Gasteiger charge is -2.35. The monoisotopic (exact) mass is 410 g/mol. The summed E-state index contributed by atoms with van der Waals surface area (Å²) >= 11 is 0. The standard InChI is InChI=1S/C23H26N2O5/c1-2-30-23(29)18(13-12-16-8-4-3-5-9-16)24-19-14-17-10-6-7-11-20(17)25(22(19)28)15-21(26)27/h3-11,18-19,24H,2,12-15H2,1H3,(H,26,27)/t18-,19-/m0/s1. The van der Waals surface area contributed by atoms with Gasteiger partial charge in [0.1, 0.15) is 12.6 Å². The number of hydrogen-bond acceptors (Lipinski definition) is 5. The first-order valence-electron chi connectivity index (χ1n) is 10.1. The lowest BCUT2D eigenvalue weighted by Crippen LogP contribution is -2.56. The minimum absolute atomic E-state index is 0.245. The first kappa shape index (κ1) is 21.5. The summed E-state index contributed by atoms with van der Waals surface area (Å²) in [6, 6.07) is 15.6. The van der Waals surface area contributed by atoms with Crippen LogP contribution in [0.5, 0.6) is 0 Å². The summed E-state index contributed by atoms with van der Waals surface area (Å²) in [5.41, 5.74) is 2.54. The maximum Gasteiger partial charge on any atom is 0.323 e. The van der Waals surface area contributed by atoms with E-state index in [9.17, 15) is 19.5 Å². The van der Waals surface area contributed by atoms with Crippen LogP contribution >= 0.6 is 0 Å². The number of aryl methyl sites for hydroxylation is 1. The van der Waals surface area contributed by atoms with Gasteiger partial charge in [0.25, 0.3) is 0 Å². The highest BCUT2D eigenvalue weighted by molar-refractivity contribution is 6.03. The van der Waals surface area contributed by atoms with E-state index < -0.39 is 30.6 Å². The third-order valence-electron chi connectivity index (χ3n) is 5.10. The molecule has 158 valence electrons. The third kappa shape index (κ3) is 5.24. The number of amides is 1. The molecule has 7 nitrogen and oxygen atoms in total. The molecule has 1 aliphatic heterocycles. The van der Waals surface area contributed by atoms with Gasteiger partial charge in [-0.05, 0) is 43.4 Å². The van der Waals surface area contributed by atoms with Crippen LogP contribution in [0.15, 0.2) is 54.6 Å². The average Bonchev–Trinajstić information content (AvgIpc) is 2.74. The SMILES string of the molecule is CCOC(=O)[C@H](CCc1ccccc1)N[C@H]1Cc2ccccc2N(CC(=O)O)C1=O. The molecule has 1 heterocycles. The van der Waals surface area contributed by atoms with Crippen molar-refractivity contribution in [1.82, 2.24) is 5.32 Å². The van der Waals surface area contributed by atoms with E-state index in [4.69, 9.17) is 4.74 Å². The van der Waals surface area contributed by atoms with Crippen LogP contribution < -0.4 is 10.2 Å². The zero-order chi connectivity index (χ0) is 21.5. The summed E-state index contributed by atoms with van der Waals surface area (Å²) in [5.74, 6) is -1.86. The molecule has 7 heteroatoms. The number of esters is 1. The Hall–Kier alpha value is -3.19. The van der Waals surface area contributed by atoms with Gasteiger partial charge < -0.3 is 9.84 Å². The number of nitrogens with zero attached hydrogens (tertiary/aromatic N) is 1. The number of hydrogen-bond donors (Lipinski definition) is 2. The molecule has 0 aromatic heterocycles. The number of nitrogens with one attached hydrogen (secondary N) is 1. The van der Waals surface area contributed by atoms with E-state index in [0.29, 0.717) is 24.9 Å². The van der Waals surface area contributed by atoms with Gasteiger partial charge in [-0.1, -0.05) is 48.5 Å². The molecule has 0 unspecified atom stereocenters. The molecule has 2 aromatic carbocycles. The van der Waals surface area contributed by atoms with Gasteiger partial charge in [-0.25, -0.2) is 0 Å². The summed E-state index contributed by atoms with van der Waals surface area (Å²) in [6.07, 6.45) is 1.49. The molecular weight excluding hydrogens is 384 g/mol. The maximum absolute atomic E-state index is 13.1. The fraction of sp³-hybridized carbons (Fsp3) is 0.348. The van der Waals surface area contributed by atoms with Gasteiger partial charge in [0.2, 0.25) is 5.91 Å². The minimum atomic E-state index is -1.09. The molecule has 2 N–H and O–H groups in total.